The first-order valence-corrected chi connectivity index (χ1v) is 18.5. The summed E-state index contributed by atoms with van der Waals surface area (Å²) in [7, 11) is -7.11. The van der Waals surface area contributed by atoms with Gasteiger partial charge in [-0.15, -0.1) is 0 Å². The number of rotatable bonds is 21. The first kappa shape index (κ1) is 38.8. The molecule has 0 heterocycles. The van der Waals surface area contributed by atoms with Crippen molar-refractivity contribution < 1.29 is 41.4 Å². The molecule has 0 saturated heterocycles. The zero-order chi connectivity index (χ0) is 34.7. The van der Waals surface area contributed by atoms with Gasteiger partial charge in [-0.2, -0.15) is 0 Å². The van der Waals surface area contributed by atoms with E-state index in [-0.39, 0.29) is 46.2 Å². The summed E-state index contributed by atoms with van der Waals surface area (Å²) in [6, 6.07) is 4.95. The second-order valence-corrected chi connectivity index (χ2v) is 14.4. The molecule has 0 amide bonds. The van der Waals surface area contributed by atoms with E-state index in [0.29, 0.717) is 43.0 Å². The minimum Gasteiger partial charge on any atom is -0.493 e. The van der Waals surface area contributed by atoms with E-state index in [1.54, 1.807) is 6.92 Å². The lowest BCUT2D eigenvalue weighted by Crippen LogP contribution is -2.32. The van der Waals surface area contributed by atoms with Crippen LogP contribution in [0.5, 0.6) is 5.75 Å². The van der Waals surface area contributed by atoms with Crippen LogP contribution in [0, 0.1) is 6.92 Å². The van der Waals surface area contributed by atoms with E-state index in [2.05, 4.69) is 4.72 Å². The van der Waals surface area contributed by atoms with Crippen molar-refractivity contribution >= 4 is 43.4 Å². The number of carboxylic acids is 2. The molecule has 2 rings (SSSR count). The van der Waals surface area contributed by atoms with E-state index in [0.717, 1.165) is 44.2 Å². The fraction of sp³-hybridized carbons (Fsp3) is 0.548. The summed E-state index contributed by atoms with van der Waals surface area (Å²) < 4.78 is 59.9. The number of hydrogen-bond donors (Lipinski definition) is 4. The van der Waals surface area contributed by atoms with E-state index in [1.165, 1.54) is 19.2 Å². The summed E-state index contributed by atoms with van der Waals surface area (Å²) in [5, 5.41) is 24.8. The summed E-state index contributed by atoms with van der Waals surface area (Å²) >= 11 is 0. The zero-order valence-corrected chi connectivity index (χ0v) is 29.0. The monoisotopic (exact) mass is 684 g/mol. The maximum Gasteiger partial charge on any atom is 0.335 e. The van der Waals surface area contributed by atoms with Gasteiger partial charge in [-0.05, 0) is 62.4 Å². The molecule has 0 bridgehead atoms. The highest BCUT2D eigenvalue weighted by Crippen LogP contribution is 2.37. The van der Waals surface area contributed by atoms with Gasteiger partial charge in [0.2, 0.25) is 20.0 Å². The van der Waals surface area contributed by atoms with Crippen LogP contribution in [0.3, 0.4) is 0 Å². The van der Waals surface area contributed by atoms with Crippen molar-refractivity contribution in [1.29, 1.82) is 0 Å². The molecule has 0 spiro atoms. The number of primary sulfonamides is 1. The SMILES string of the molecule is CCCCN(CCCNS(=O)(=O)c1cc(C(=O)O)cc(N(CCCC)CCCC)c1OC)c1cc(C(=O)O)cc(S(N)(=O)=O)c1C. The summed E-state index contributed by atoms with van der Waals surface area (Å²) in [4.78, 5) is 27.1. The second-order valence-electron chi connectivity index (χ2n) is 11.1. The zero-order valence-electron chi connectivity index (χ0n) is 27.3. The van der Waals surface area contributed by atoms with Gasteiger partial charge in [-0.25, -0.2) is 36.3 Å². The molecule has 2 aromatic carbocycles. The van der Waals surface area contributed by atoms with Gasteiger partial charge in [0, 0.05) is 38.4 Å². The van der Waals surface area contributed by atoms with Crippen LogP contribution in [0.25, 0.3) is 0 Å². The third-order valence-corrected chi connectivity index (χ3v) is 10.1. The fourth-order valence-corrected chi connectivity index (χ4v) is 7.18. The van der Waals surface area contributed by atoms with Crippen LogP contribution in [0.2, 0.25) is 0 Å². The van der Waals surface area contributed by atoms with Crippen LogP contribution >= 0.6 is 0 Å². The Labute approximate surface area is 272 Å². The standard InChI is InChI=1S/C31H48N4O9S2/c1-6-9-14-34(25-18-23(30(36)37)20-27(22(25)4)45(32,40)41)17-12-13-33-46(42,43)28-21-24(31(38)39)19-26(29(28)44-5)35(15-10-7-2)16-11-8-3/h18-21,33H,6-17H2,1-5H3,(H,36,37)(H,38,39)(H2,32,40,41). The summed E-state index contributed by atoms with van der Waals surface area (Å²) in [5.41, 5.74) is 0.650. The highest BCUT2D eigenvalue weighted by molar-refractivity contribution is 7.89. The van der Waals surface area contributed by atoms with Crippen molar-refractivity contribution in [2.24, 2.45) is 5.14 Å². The molecule has 0 unspecified atom stereocenters. The Morgan fingerprint density at radius 2 is 1.20 bits per heavy atom. The smallest absolute Gasteiger partial charge is 0.335 e. The third kappa shape index (κ3) is 10.3. The number of methoxy groups -OCH3 is 1. The Hall–Kier alpha value is -3.40. The van der Waals surface area contributed by atoms with E-state index in [1.807, 2.05) is 30.6 Å². The normalized spacial score (nSPS) is 11.8. The number of sulfonamides is 2. The molecule has 2 aromatic rings. The highest BCUT2D eigenvalue weighted by atomic mass is 32.2. The van der Waals surface area contributed by atoms with Gasteiger partial charge in [-0.3, -0.25) is 0 Å². The van der Waals surface area contributed by atoms with Gasteiger partial charge >= 0.3 is 11.9 Å². The second kappa shape index (κ2) is 17.5. The maximum atomic E-state index is 13.6. The molecule has 13 nitrogen and oxygen atoms in total. The molecule has 0 atom stereocenters. The first-order chi connectivity index (χ1) is 21.6. The average molecular weight is 685 g/mol. The molecule has 15 heteroatoms. The number of carboxylic acid groups (broad SMARTS) is 2. The Morgan fingerprint density at radius 1 is 0.761 bits per heavy atom. The van der Waals surface area contributed by atoms with Crippen LogP contribution in [-0.2, 0) is 20.0 Å². The van der Waals surface area contributed by atoms with E-state index in [9.17, 15) is 36.6 Å². The minimum atomic E-state index is -4.24. The van der Waals surface area contributed by atoms with Crippen molar-refractivity contribution in [3.8, 4) is 5.75 Å². The molecule has 0 aromatic heterocycles. The summed E-state index contributed by atoms with van der Waals surface area (Å²) in [5.74, 6) is -2.52. The van der Waals surface area contributed by atoms with E-state index < -0.39 is 32.0 Å². The number of nitrogens with one attached hydrogen (secondary N) is 1. The van der Waals surface area contributed by atoms with Crippen molar-refractivity contribution in [3.05, 3.63) is 41.0 Å². The number of ether oxygens (including phenoxy) is 1. The third-order valence-electron chi connectivity index (χ3n) is 7.58. The van der Waals surface area contributed by atoms with Gasteiger partial charge in [0.05, 0.1) is 28.8 Å². The number of benzene rings is 2. The van der Waals surface area contributed by atoms with Gasteiger partial charge in [0.1, 0.15) is 4.90 Å². The van der Waals surface area contributed by atoms with Crippen LogP contribution in [-0.4, -0.2) is 78.8 Å². The summed E-state index contributed by atoms with van der Waals surface area (Å²) in [6.45, 7) is 9.47. The molecule has 0 fully saturated rings. The Kier molecular flexibility index (Phi) is 14.8. The number of hydrogen-bond acceptors (Lipinski definition) is 9. The van der Waals surface area contributed by atoms with E-state index in [4.69, 9.17) is 9.88 Å². The number of anilines is 2. The number of nitrogens with two attached hydrogens (primary N) is 1. The number of nitrogens with zero attached hydrogens (tertiary/aromatic N) is 2. The molecule has 0 saturated carbocycles. The Balaban J connectivity index is 2.43. The van der Waals surface area contributed by atoms with Crippen molar-refractivity contribution in [1.82, 2.24) is 4.72 Å². The van der Waals surface area contributed by atoms with Gasteiger partial charge in [0.15, 0.2) is 5.75 Å². The van der Waals surface area contributed by atoms with Crippen LogP contribution in [0.1, 0.15) is 92.0 Å². The lowest BCUT2D eigenvalue weighted by Gasteiger charge is -2.28. The average Bonchev–Trinajstić information content (AvgIpc) is 2.99. The van der Waals surface area contributed by atoms with Crippen LogP contribution in [0.4, 0.5) is 11.4 Å². The molecule has 5 N–H and O–H groups in total. The lowest BCUT2D eigenvalue weighted by atomic mass is 10.1. The van der Waals surface area contributed by atoms with Crippen LogP contribution < -0.4 is 24.4 Å². The summed E-state index contributed by atoms with van der Waals surface area (Å²) in [6.07, 6.45) is 5.22. The largest absolute Gasteiger partial charge is 0.493 e. The predicted molar refractivity (Wildman–Crippen MR) is 178 cm³/mol. The molecule has 0 aliphatic heterocycles. The van der Waals surface area contributed by atoms with E-state index >= 15 is 0 Å². The van der Waals surface area contributed by atoms with Gasteiger partial charge < -0.3 is 24.7 Å². The molecular formula is C31H48N4O9S2. The minimum absolute atomic E-state index is 0.0458. The number of carbonyl (C=O) groups is 2. The first-order valence-electron chi connectivity index (χ1n) is 15.5. The van der Waals surface area contributed by atoms with Gasteiger partial charge in [0.25, 0.3) is 0 Å². The Bertz CT molecular complexity index is 1570. The molecular weight excluding hydrogens is 636 g/mol. The molecule has 46 heavy (non-hydrogen) atoms. The lowest BCUT2D eigenvalue weighted by molar-refractivity contribution is 0.0685. The van der Waals surface area contributed by atoms with Crippen LogP contribution in [0.15, 0.2) is 34.1 Å². The molecule has 258 valence electrons. The maximum absolute atomic E-state index is 13.6. The highest BCUT2D eigenvalue weighted by Gasteiger charge is 2.27. The number of unbranched alkanes of at least 4 members (excludes halogenated alkanes) is 3. The molecule has 0 radical (unpaired) electrons. The fourth-order valence-electron chi connectivity index (χ4n) is 5.08. The Morgan fingerprint density at radius 3 is 1.63 bits per heavy atom. The van der Waals surface area contributed by atoms with Crippen molar-refractivity contribution in [2.75, 3.05) is 49.6 Å². The molecule has 0 aliphatic rings. The number of aromatic carboxylic acids is 2. The quantitative estimate of drug-likeness (QED) is 0.136. The molecule has 0 aliphatic carbocycles. The van der Waals surface area contributed by atoms with Crippen molar-refractivity contribution in [2.45, 2.75) is 82.4 Å². The topological polar surface area (TPSA) is 197 Å². The van der Waals surface area contributed by atoms with Gasteiger partial charge in [-0.1, -0.05) is 40.0 Å². The predicted octanol–water partition coefficient (Wildman–Crippen LogP) is 4.43. The van der Waals surface area contributed by atoms with Crippen molar-refractivity contribution in [3.63, 3.8) is 0 Å².